The van der Waals surface area contributed by atoms with E-state index in [0.717, 1.165) is 32.1 Å². The molecule has 0 bridgehead atoms. The third-order valence-electron chi connectivity index (χ3n) is 4.37. The summed E-state index contributed by atoms with van der Waals surface area (Å²) in [6.45, 7) is 0. The number of sulfone groups is 1. The van der Waals surface area contributed by atoms with Crippen molar-refractivity contribution in [3.8, 4) is 0 Å². The summed E-state index contributed by atoms with van der Waals surface area (Å²) < 4.78 is 50.5. The molecule has 118 valence electrons. The van der Waals surface area contributed by atoms with E-state index in [4.69, 9.17) is 11.6 Å². The molecule has 1 N–H and O–H groups in total. The summed E-state index contributed by atoms with van der Waals surface area (Å²) in [6, 6.07) is 0. The summed E-state index contributed by atoms with van der Waals surface area (Å²) in [4.78, 5) is 0. The van der Waals surface area contributed by atoms with Crippen molar-refractivity contribution >= 4 is 31.5 Å². The fraction of sp³-hybridized carbons (Fsp3) is 1.00. The molecule has 0 aromatic heterocycles. The fourth-order valence-electron chi connectivity index (χ4n) is 3.06. The first-order valence-electron chi connectivity index (χ1n) is 7.08. The highest BCUT2D eigenvalue weighted by molar-refractivity contribution is 7.92. The highest BCUT2D eigenvalue weighted by Crippen LogP contribution is 2.31. The number of hydrogen-bond acceptors (Lipinski definition) is 4. The average molecular weight is 344 g/mol. The predicted octanol–water partition coefficient (Wildman–Crippen LogP) is 1.42. The number of rotatable bonds is 4. The molecule has 1 heterocycles. The van der Waals surface area contributed by atoms with E-state index < -0.39 is 30.6 Å². The minimum Gasteiger partial charge on any atom is -0.229 e. The summed E-state index contributed by atoms with van der Waals surface area (Å²) in [5, 5.41) is -0.604. The van der Waals surface area contributed by atoms with Crippen LogP contribution in [-0.4, -0.2) is 45.0 Å². The molecule has 5 nitrogen and oxygen atoms in total. The van der Waals surface area contributed by atoms with Crippen molar-refractivity contribution in [2.45, 2.75) is 55.7 Å². The van der Waals surface area contributed by atoms with Crippen LogP contribution < -0.4 is 4.72 Å². The predicted molar refractivity (Wildman–Crippen MR) is 80.3 cm³/mol. The van der Waals surface area contributed by atoms with E-state index in [1.807, 2.05) is 0 Å². The van der Waals surface area contributed by atoms with Crippen molar-refractivity contribution in [3.63, 3.8) is 0 Å². The lowest BCUT2D eigenvalue weighted by molar-refractivity contribution is 0.296. The molecule has 1 saturated heterocycles. The summed E-state index contributed by atoms with van der Waals surface area (Å²) >= 11 is 6.00. The zero-order chi connectivity index (χ0) is 14.9. The maximum atomic E-state index is 12.5. The van der Waals surface area contributed by atoms with Crippen LogP contribution in [0.1, 0.15) is 44.9 Å². The Kier molecular flexibility index (Phi) is 5.04. The number of nitrogens with one attached hydrogen (secondary N) is 1. The third-order valence-corrected chi connectivity index (χ3v) is 8.66. The Morgan fingerprint density at radius 1 is 1.10 bits per heavy atom. The van der Waals surface area contributed by atoms with E-state index in [-0.39, 0.29) is 30.2 Å². The molecule has 1 saturated carbocycles. The normalized spacial score (nSPS) is 27.2. The molecule has 2 aliphatic rings. The lowest BCUT2D eigenvalue weighted by atomic mass is 9.84. The molecular weight excluding hydrogens is 322 g/mol. The van der Waals surface area contributed by atoms with Crippen LogP contribution in [0.25, 0.3) is 0 Å². The van der Waals surface area contributed by atoms with E-state index in [0.29, 0.717) is 0 Å². The second kappa shape index (κ2) is 6.10. The minimum absolute atomic E-state index is 0.0353. The molecule has 0 aromatic rings. The average Bonchev–Trinajstić information content (AvgIpc) is 2.38. The van der Waals surface area contributed by atoms with Crippen molar-refractivity contribution in [2.24, 2.45) is 0 Å². The Morgan fingerprint density at radius 3 is 2.15 bits per heavy atom. The third kappa shape index (κ3) is 3.87. The van der Waals surface area contributed by atoms with Crippen LogP contribution >= 0.6 is 11.6 Å². The highest BCUT2D eigenvalue weighted by Gasteiger charge is 2.40. The van der Waals surface area contributed by atoms with Gasteiger partial charge in [-0.25, -0.2) is 21.6 Å². The standard InChI is InChI=1S/C12H22ClNO4S2/c13-10-12(6-2-1-3-7-12)14-20(17,18)11-4-8-19(15,16)9-5-11/h11,14H,1-10H2. The minimum atomic E-state index is -3.50. The summed E-state index contributed by atoms with van der Waals surface area (Å²) in [7, 11) is -6.55. The van der Waals surface area contributed by atoms with Gasteiger partial charge in [0.05, 0.1) is 16.8 Å². The Morgan fingerprint density at radius 2 is 1.65 bits per heavy atom. The maximum Gasteiger partial charge on any atom is 0.215 e. The zero-order valence-corrected chi connectivity index (χ0v) is 13.9. The van der Waals surface area contributed by atoms with Gasteiger partial charge in [-0.05, 0) is 25.7 Å². The number of hydrogen-bond donors (Lipinski definition) is 1. The Bertz CT molecular complexity index is 524. The van der Waals surface area contributed by atoms with Gasteiger partial charge in [-0.2, -0.15) is 0 Å². The molecule has 1 aliphatic heterocycles. The van der Waals surface area contributed by atoms with Gasteiger partial charge >= 0.3 is 0 Å². The summed E-state index contributed by atoms with van der Waals surface area (Å²) in [5.74, 6) is 0.205. The van der Waals surface area contributed by atoms with Gasteiger partial charge in [-0.15, -0.1) is 11.6 Å². The van der Waals surface area contributed by atoms with Gasteiger partial charge in [0, 0.05) is 11.4 Å². The molecule has 20 heavy (non-hydrogen) atoms. The van der Waals surface area contributed by atoms with Crippen LogP contribution in [-0.2, 0) is 19.9 Å². The second-order valence-electron chi connectivity index (χ2n) is 5.97. The van der Waals surface area contributed by atoms with Gasteiger partial charge in [0.25, 0.3) is 0 Å². The van der Waals surface area contributed by atoms with Gasteiger partial charge in [0.2, 0.25) is 10.0 Å². The molecular formula is C12H22ClNO4S2. The van der Waals surface area contributed by atoms with Crippen molar-refractivity contribution in [1.82, 2.24) is 4.72 Å². The smallest absolute Gasteiger partial charge is 0.215 e. The molecule has 1 aliphatic carbocycles. The first-order valence-corrected chi connectivity index (χ1v) is 11.0. The van der Waals surface area contributed by atoms with Crippen LogP contribution in [0.15, 0.2) is 0 Å². The van der Waals surface area contributed by atoms with E-state index in [1.165, 1.54) is 0 Å². The van der Waals surface area contributed by atoms with Gasteiger partial charge in [-0.3, -0.25) is 0 Å². The molecule has 0 amide bonds. The molecule has 0 aromatic carbocycles. The largest absolute Gasteiger partial charge is 0.229 e. The highest BCUT2D eigenvalue weighted by atomic mass is 35.5. The van der Waals surface area contributed by atoms with Gasteiger partial charge in [0.15, 0.2) is 0 Å². The van der Waals surface area contributed by atoms with Crippen molar-refractivity contribution in [3.05, 3.63) is 0 Å². The number of halogens is 1. The van der Waals surface area contributed by atoms with Crippen molar-refractivity contribution < 1.29 is 16.8 Å². The van der Waals surface area contributed by atoms with E-state index >= 15 is 0 Å². The van der Waals surface area contributed by atoms with Crippen LogP contribution in [0.4, 0.5) is 0 Å². The Labute approximate surface area is 126 Å². The van der Waals surface area contributed by atoms with Crippen LogP contribution in [0.5, 0.6) is 0 Å². The summed E-state index contributed by atoms with van der Waals surface area (Å²) in [5.41, 5.74) is -0.533. The zero-order valence-electron chi connectivity index (χ0n) is 11.5. The topological polar surface area (TPSA) is 80.3 Å². The quantitative estimate of drug-likeness (QED) is 0.783. The first-order chi connectivity index (χ1) is 9.29. The lowest BCUT2D eigenvalue weighted by Crippen LogP contribution is -2.54. The van der Waals surface area contributed by atoms with Crippen molar-refractivity contribution in [2.75, 3.05) is 17.4 Å². The lowest BCUT2D eigenvalue weighted by Gasteiger charge is -2.37. The molecule has 0 unspecified atom stereocenters. The van der Waals surface area contributed by atoms with Crippen molar-refractivity contribution in [1.29, 1.82) is 0 Å². The van der Waals surface area contributed by atoms with Crippen LogP contribution in [0.2, 0.25) is 0 Å². The van der Waals surface area contributed by atoms with Gasteiger partial charge in [-0.1, -0.05) is 19.3 Å². The first kappa shape index (κ1) is 16.5. The monoisotopic (exact) mass is 343 g/mol. The van der Waals surface area contributed by atoms with E-state index in [2.05, 4.69) is 4.72 Å². The van der Waals surface area contributed by atoms with Crippen LogP contribution in [0, 0.1) is 0 Å². The van der Waals surface area contributed by atoms with E-state index in [9.17, 15) is 16.8 Å². The van der Waals surface area contributed by atoms with E-state index in [1.54, 1.807) is 0 Å². The van der Waals surface area contributed by atoms with Gasteiger partial charge in [0.1, 0.15) is 9.84 Å². The molecule has 2 fully saturated rings. The SMILES string of the molecule is O=S1(=O)CCC(S(=O)(=O)NC2(CCl)CCCCC2)CC1. The summed E-state index contributed by atoms with van der Waals surface area (Å²) in [6.07, 6.45) is 4.98. The molecule has 0 radical (unpaired) electrons. The van der Waals surface area contributed by atoms with Crippen LogP contribution in [0.3, 0.4) is 0 Å². The molecule has 8 heteroatoms. The Balaban J connectivity index is 2.07. The second-order valence-corrected chi connectivity index (χ2v) is 10.5. The molecule has 2 rings (SSSR count). The fourth-order valence-corrected chi connectivity index (χ4v) is 7.16. The maximum absolute atomic E-state index is 12.5. The molecule has 0 spiro atoms. The number of sulfonamides is 1. The molecule has 0 atom stereocenters. The Hall–Kier alpha value is 0.150. The number of alkyl halides is 1. The van der Waals surface area contributed by atoms with Gasteiger partial charge < -0.3 is 0 Å².